The second-order valence-corrected chi connectivity index (χ2v) is 4.79. The molecule has 0 bridgehead atoms. The number of fused-ring (bicyclic) bond motifs is 1. The lowest BCUT2D eigenvalue weighted by molar-refractivity contribution is -0.120. The fourth-order valence-electron chi connectivity index (χ4n) is 2.11. The fourth-order valence-corrected chi connectivity index (χ4v) is 2.11. The highest BCUT2D eigenvalue weighted by molar-refractivity contribution is 5.81. The highest BCUT2D eigenvalue weighted by Gasteiger charge is 2.12. The van der Waals surface area contributed by atoms with Gasteiger partial charge in [0.1, 0.15) is 13.2 Å². The molecule has 5 nitrogen and oxygen atoms in total. The average molecular weight is 278 g/mol. The Labute approximate surface area is 119 Å². The maximum atomic E-state index is 11.8. The molecule has 2 N–H and O–H groups in total. The van der Waals surface area contributed by atoms with Crippen LogP contribution in [0.4, 0.5) is 5.69 Å². The van der Waals surface area contributed by atoms with E-state index in [1.807, 2.05) is 18.2 Å². The summed E-state index contributed by atoms with van der Waals surface area (Å²) >= 11 is 0. The molecule has 1 heterocycles. The van der Waals surface area contributed by atoms with Crippen molar-refractivity contribution in [3.63, 3.8) is 0 Å². The Morgan fingerprint density at radius 2 is 1.90 bits per heavy atom. The van der Waals surface area contributed by atoms with Crippen LogP contribution >= 0.6 is 0 Å². The molecular formula is C15H22N2O3. The first kappa shape index (κ1) is 14.5. The van der Waals surface area contributed by atoms with Crippen LogP contribution in [0.5, 0.6) is 11.5 Å². The fraction of sp³-hybridized carbons (Fsp3) is 0.533. The van der Waals surface area contributed by atoms with Crippen LogP contribution in [0.2, 0.25) is 0 Å². The number of nitrogens with one attached hydrogen (secondary N) is 2. The number of carbonyl (C=O) groups excluding carboxylic acids is 1. The third kappa shape index (κ3) is 3.79. The number of hydrogen-bond donors (Lipinski definition) is 2. The molecule has 1 amide bonds. The van der Waals surface area contributed by atoms with Crippen molar-refractivity contribution in [2.75, 3.05) is 25.1 Å². The quantitative estimate of drug-likeness (QED) is 0.837. The molecule has 0 saturated heterocycles. The van der Waals surface area contributed by atoms with Gasteiger partial charge < -0.3 is 20.1 Å². The molecular weight excluding hydrogens is 256 g/mol. The molecule has 0 unspecified atom stereocenters. The van der Waals surface area contributed by atoms with Crippen molar-refractivity contribution in [3.05, 3.63) is 18.2 Å². The minimum absolute atomic E-state index is 0.00795. The van der Waals surface area contributed by atoms with Gasteiger partial charge in [0.25, 0.3) is 0 Å². The first-order valence-electron chi connectivity index (χ1n) is 7.15. The molecule has 110 valence electrons. The molecule has 0 saturated carbocycles. The normalized spacial score (nSPS) is 13.2. The largest absolute Gasteiger partial charge is 0.486 e. The van der Waals surface area contributed by atoms with Gasteiger partial charge in [0, 0.05) is 17.8 Å². The molecule has 1 aliphatic heterocycles. The highest BCUT2D eigenvalue weighted by Crippen LogP contribution is 2.32. The summed E-state index contributed by atoms with van der Waals surface area (Å²) in [6.45, 7) is 5.55. The van der Waals surface area contributed by atoms with E-state index in [1.54, 1.807) is 0 Å². The molecule has 0 spiro atoms. The summed E-state index contributed by atoms with van der Waals surface area (Å²) in [6.07, 6.45) is 1.90. The van der Waals surface area contributed by atoms with Gasteiger partial charge in [-0.1, -0.05) is 13.8 Å². The van der Waals surface area contributed by atoms with Crippen LogP contribution in [0.3, 0.4) is 0 Å². The van der Waals surface area contributed by atoms with Crippen molar-refractivity contribution in [1.29, 1.82) is 0 Å². The minimum atomic E-state index is 0.00795. The van der Waals surface area contributed by atoms with Crippen LogP contribution in [0.25, 0.3) is 0 Å². The Morgan fingerprint density at radius 3 is 2.60 bits per heavy atom. The third-order valence-corrected chi connectivity index (χ3v) is 3.35. The number of carbonyl (C=O) groups is 1. The van der Waals surface area contributed by atoms with Crippen molar-refractivity contribution >= 4 is 11.6 Å². The van der Waals surface area contributed by atoms with Gasteiger partial charge in [-0.15, -0.1) is 0 Å². The smallest absolute Gasteiger partial charge is 0.239 e. The van der Waals surface area contributed by atoms with Gasteiger partial charge in [-0.25, -0.2) is 0 Å². The zero-order chi connectivity index (χ0) is 14.4. The first-order valence-corrected chi connectivity index (χ1v) is 7.15. The van der Waals surface area contributed by atoms with Gasteiger partial charge in [-0.3, -0.25) is 4.79 Å². The molecule has 0 aliphatic carbocycles. The first-order chi connectivity index (χ1) is 9.72. The number of anilines is 1. The molecule has 1 aromatic carbocycles. The topological polar surface area (TPSA) is 59.6 Å². The van der Waals surface area contributed by atoms with E-state index >= 15 is 0 Å². The van der Waals surface area contributed by atoms with Crippen molar-refractivity contribution in [2.24, 2.45) is 0 Å². The molecule has 1 aliphatic rings. The maximum Gasteiger partial charge on any atom is 0.239 e. The lowest BCUT2D eigenvalue weighted by atomic mass is 10.2. The molecule has 5 heteroatoms. The average Bonchev–Trinajstić information content (AvgIpc) is 2.50. The van der Waals surface area contributed by atoms with Crippen LogP contribution in [-0.2, 0) is 4.79 Å². The second-order valence-electron chi connectivity index (χ2n) is 4.79. The molecule has 0 radical (unpaired) electrons. The lowest BCUT2D eigenvalue weighted by Gasteiger charge is -2.19. The highest BCUT2D eigenvalue weighted by atomic mass is 16.6. The SMILES string of the molecule is CCC(CC)NC(=O)CNc1ccc2c(c1)OCCO2. The number of benzene rings is 1. The summed E-state index contributed by atoms with van der Waals surface area (Å²) in [4.78, 5) is 11.8. The van der Waals surface area contributed by atoms with Crippen LogP contribution in [-0.4, -0.2) is 31.7 Å². The van der Waals surface area contributed by atoms with Crippen LogP contribution in [0.15, 0.2) is 18.2 Å². The van der Waals surface area contributed by atoms with Crippen LogP contribution in [0, 0.1) is 0 Å². The Kier molecular flexibility index (Phi) is 5.09. The second kappa shape index (κ2) is 7.03. The van der Waals surface area contributed by atoms with E-state index in [0.717, 1.165) is 30.0 Å². The Hall–Kier alpha value is -1.91. The van der Waals surface area contributed by atoms with Gasteiger partial charge in [0.2, 0.25) is 5.91 Å². The van der Waals surface area contributed by atoms with E-state index in [0.29, 0.717) is 13.2 Å². The number of ether oxygens (including phenoxy) is 2. The molecule has 0 atom stereocenters. The van der Waals surface area contributed by atoms with Crippen LogP contribution in [0.1, 0.15) is 26.7 Å². The van der Waals surface area contributed by atoms with E-state index in [9.17, 15) is 4.79 Å². The van der Waals surface area contributed by atoms with E-state index in [4.69, 9.17) is 9.47 Å². The van der Waals surface area contributed by atoms with Crippen LogP contribution < -0.4 is 20.1 Å². The van der Waals surface area contributed by atoms with Gasteiger partial charge in [-0.2, -0.15) is 0 Å². The summed E-state index contributed by atoms with van der Waals surface area (Å²) in [5.41, 5.74) is 0.856. The monoisotopic (exact) mass is 278 g/mol. The zero-order valence-electron chi connectivity index (χ0n) is 12.1. The number of rotatable bonds is 6. The molecule has 0 aromatic heterocycles. The summed E-state index contributed by atoms with van der Waals surface area (Å²) in [5, 5.41) is 6.09. The van der Waals surface area contributed by atoms with E-state index in [2.05, 4.69) is 24.5 Å². The Balaban J connectivity index is 1.86. The molecule has 2 rings (SSSR count). The summed E-state index contributed by atoms with van der Waals surface area (Å²) in [5.74, 6) is 1.48. The van der Waals surface area contributed by atoms with Gasteiger partial charge >= 0.3 is 0 Å². The van der Waals surface area contributed by atoms with Crippen molar-refractivity contribution in [3.8, 4) is 11.5 Å². The van der Waals surface area contributed by atoms with Crippen molar-refractivity contribution < 1.29 is 14.3 Å². The van der Waals surface area contributed by atoms with Crippen molar-refractivity contribution in [2.45, 2.75) is 32.7 Å². The summed E-state index contributed by atoms with van der Waals surface area (Å²) in [7, 11) is 0. The number of hydrogen-bond acceptors (Lipinski definition) is 4. The zero-order valence-corrected chi connectivity index (χ0v) is 12.1. The molecule has 0 fully saturated rings. The Bertz CT molecular complexity index is 458. The minimum Gasteiger partial charge on any atom is -0.486 e. The predicted molar refractivity (Wildman–Crippen MR) is 78.4 cm³/mol. The molecule has 1 aromatic rings. The third-order valence-electron chi connectivity index (χ3n) is 3.35. The van der Waals surface area contributed by atoms with E-state index in [1.165, 1.54) is 0 Å². The maximum absolute atomic E-state index is 11.8. The molecule has 20 heavy (non-hydrogen) atoms. The van der Waals surface area contributed by atoms with E-state index < -0.39 is 0 Å². The van der Waals surface area contributed by atoms with Gasteiger partial charge in [0.05, 0.1) is 6.54 Å². The lowest BCUT2D eigenvalue weighted by Crippen LogP contribution is -2.37. The summed E-state index contributed by atoms with van der Waals surface area (Å²) < 4.78 is 11.0. The van der Waals surface area contributed by atoms with Crippen molar-refractivity contribution in [1.82, 2.24) is 5.32 Å². The number of amides is 1. The van der Waals surface area contributed by atoms with Gasteiger partial charge in [-0.05, 0) is 25.0 Å². The Morgan fingerprint density at radius 1 is 1.20 bits per heavy atom. The summed E-state index contributed by atoms with van der Waals surface area (Å²) in [6, 6.07) is 5.86. The standard InChI is InChI=1S/C15H22N2O3/c1-3-11(4-2)17-15(18)10-16-12-5-6-13-14(9-12)20-8-7-19-13/h5-6,9,11,16H,3-4,7-8,10H2,1-2H3,(H,17,18). The van der Waals surface area contributed by atoms with Gasteiger partial charge in [0.15, 0.2) is 11.5 Å². The predicted octanol–water partition coefficient (Wildman–Crippen LogP) is 2.17. The van der Waals surface area contributed by atoms with E-state index in [-0.39, 0.29) is 18.5 Å².